The summed E-state index contributed by atoms with van der Waals surface area (Å²) in [6.45, 7) is 8.86. The zero-order valence-electron chi connectivity index (χ0n) is 12.1. The Morgan fingerprint density at radius 1 is 1.35 bits per heavy atom. The second-order valence-electron chi connectivity index (χ2n) is 5.60. The molecule has 0 aromatic carbocycles. The molecule has 1 atom stereocenters. The fourth-order valence-electron chi connectivity index (χ4n) is 3.25. The maximum atomic E-state index is 5.29. The highest BCUT2D eigenvalue weighted by Gasteiger charge is 2.35. The Balaban J connectivity index is 2.57. The van der Waals surface area contributed by atoms with Gasteiger partial charge in [-0.3, -0.25) is 4.90 Å². The third kappa shape index (κ3) is 4.23. The number of ether oxygens (including phenoxy) is 1. The summed E-state index contributed by atoms with van der Waals surface area (Å²) in [5.41, 5.74) is 0.507. The van der Waals surface area contributed by atoms with E-state index in [9.17, 15) is 0 Å². The number of nitrogens with one attached hydrogen (secondary N) is 1. The van der Waals surface area contributed by atoms with Gasteiger partial charge in [-0.05, 0) is 38.8 Å². The van der Waals surface area contributed by atoms with Gasteiger partial charge in [0, 0.05) is 26.2 Å². The molecule has 1 aliphatic rings. The van der Waals surface area contributed by atoms with Gasteiger partial charge in [0.2, 0.25) is 0 Å². The normalized spacial score (nSPS) is 21.0. The first-order chi connectivity index (χ1) is 8.17. The monoisotopic (exact) mass is 242 g/mol. The maximum Gasteiger partial charge on any atom is 0.0615 e. The highest BCUT2D eigenvalue weighted by atomic mass is 16.5. The molecule has 0 aromatic rings. The lowest BCUT2D eigenvalue weighted by Gasteiger charge is -2.37. The van der Waals surface area contributed by atoms with Crippen LogP contribution in [0.5, 0.6) is 0 Å². The van der Waals surface area contributed by atoms with Crippen LogP contribution in [-0.2, 0) is 4.74 Å². The largest absolute Gasteiger partial charge is 0.383 e. The summed E-state index contributed by atoms with van der Waals surface area (Å²) in [5, 5.41) is 3.39. The molecule has 3 nitrogen and oxygen atoms in total. The SMILES string of the molecule is CCN(CC1(CNC)CCCC1)C(C)COC. The molecule has 0 radical (unpaired) electrons. The van der Waals surface area contributed by atoms with E-state index in [-0.39, 0.29) is 0 Å². The molecule has 0 aliphatic heterocycles. The van der Waals surface area contributed by atoms with Crippen molar-refractivity contribution in [1.29, 1.82) is 0 Å². The van der Waals surface area contributed by atoms with E-state index in [1.165, 1.54) is 32.2 Å². The van der Waals surface area contributed by atoms with Crippen molar-refractivity contribution in [3.63, 3.8) is 0 Å². The van der Waals surface area contributed by atoms with Crippen molar-refractivity contribution in [2.75, 3.05) is 40.4 Å². The molecule has 1 fully saturated rings. The Bertz CT molecular complexity index is 202. The zero-order valence-corrected chi connectivity index (χ0v) is 12.1. The van der Waals surface area contributed by atoms with Crippen molar-refractivity contribution in [3.05, 3.63) is 0 Å². The number of hydrogen-bond donors (Lipinski definition) is 1. The van der Waals surface area contributed by atoms with Crippen LogP contribution in [0.3, 0.4) is 0 Å². The van der Waals surface area contributed by atoms with Crippen LogP contribution < -0.4 is 5.32 Å². The van der Waals surface area contributed by atoms with Crippen LogP contribution in [0, 0.1) is 5.41 Å². The molecule has 1 N–H and O–H groups in total. The van der Waals surface area contributed by atoms with E-state index in [1.807, 2.05) is 0 Å². The number of methoxy groups -OCH3 is 1. The Labute approximate surface area is 107 Å². The molecule has 1 aliphatic carbocycles. The molecule has 1 rings (SSSR count). The van der Waals surface area contributed by atoms with Gasteiger partial charge >= 0.3 is 0 Å². The Kier molecular flexibility index (Phi) is 6.45. The number of likely N-dealkylation sites (N-methyl/N-ethyl adjacent to an activating group) is 1. The standard InChI is InChI=1S/C14H30N2O/c1-5-16(13(2)10-17-4)12-14(11-15-3)8-6-7-9-14/h13,15H,5-12H2,1-4H3. The van der Waals surface area contributed by atoms with Crippen molar-refractivity contribution in [1.82, 2.24) is 10.2 Å². The van der Waals surface area contributed by atoms with E-state index in [0.29, 0.717) is 11.5 Å². The molecular weight excluding hydrogens is 212 g/mol. The third-order valence-corrected chi connectivity index (χ3v) is 4.19. The first kappa shape index (κ1) is 14.9. The predicted octanol–water partition coefficient (Wildman–Crippen LogP) is 2.12. The average molecular weight is 242 g/mol. The van der Waals surface area contributed by atoms with Crippen LogP contribution in [-0.4, -0.2) is 51.3 Å². The van der Waals surface area contributed by atoms with Crippen LogP contribution >= 0.6 is 0 Å². The highest BCUT2D eigenvalue weighted by Crippen LogP contribution is 2.38. The van der Waals surface area contributed by atoms with Gasteiger partial charge in [0.25, 0.3) is 0 Å². The lowest BCUT2D eigenvalue weighted by atomic mass is 9.85. The van der Waals surface area contributed by atoms with E-state index in [1.54, 1.807) is 7.11 Å². The average Bonchev–Trinajstić information content (AvgIpc) is 2.75. The van der Waals surface area contributed by atoms with Crippen molar-refractivity contribution in [3.8, 4) is 0 Å². The minimum absolute atomic E-state index is 0.507. The second kappa shape index (κ2) is 7.34. The molecule has 1 unspecified atom stereocenters. The predicted molar refractivity (Wildman–Crippen MR) is 73.4 cm³/mol. The van der Waals surface area contributed by atoms with Crippen LogP contribution in [0.1, 0.15) is 39.5 Å². The molecule has 0 bridgehead atoms. The van der Waals surface area contributed by atoms with Gasteiger partial charge in [0.1, 0.15) is 0 Å². The molecular formula is C14H30N2O. The van der Waals surface area contributed by atoms with Crippen LogP contribution in [0.25, 0.3) is 0 Å². The van der Waals surface area contributed by atoms with Gasteiger partial charge in [-0.25, -0.2) is 0 Å². The summed E-state index contributed by atoms with van der Waals surface area (Å²) in [5.74, 6) is 0. The highest BCUT2D eigenvalue weighted by molar-refractivity contribution is 4.90. The van der Waals surface area contributed by atoms with Crippen LogP contribution in [0.2, 0.25) is 0 Å². The summed E-state index contributed by atoms with van der Waals surface area (Å²) in [6, 6.07) is 0.527. The van der Waals surface area contributed by atoms with Gasteiger partial charge in [-0.2, -0.15) is 0 Å². The second-order valence-corrected chi connectivity index (χ2v) is 5.60. The van der Waals surface area contributed by atoms with Crippen molar-refractivity contribution >= 4 is 0 Å². The number of hydrogen-bond acceptors (Lipinski definition) is 3. The van der Waals surface area contributed by atoms with E-state index in [0.717, 1.165) is 19.7 Å². The minimum atomic E-state index is 0.507. The topological polar surface area (TPSA) is 24.5 Å². The molecule has 0 saturated heterocycles. The number of rotatable bonds is 8. The first-order valence-corrected chi connectivity index (χ1v) is 7.05. The Morgan fingerprint density at radius 2 is 2.00 bits per heavy atom. The first-order valence-electron chi connectivity index (χ1n) is 7.05. The fourth-order valence-corrected chi connectivity index (χ4v) is 3.25. The molecule has 0 aromatic heterocycles. The maximum absolute atomic E-state index is 5.29. The summed E-state index contributed by atoms with van der Waals surface area (Å²) in [7, 11) is 3.87. The summed E-state index contributed by atoms with van der Waals surface area (Å²) in [6.07, 6.45) is 5.56. The molecule has 102 valence electrons. The molecule has 1 saturated carbocycles. The van der Waals surface area contributed by atoms with E-state index in [2.05, 4.69) is 31.1 Å². The van der Waals surface area contributed by atoms with E-state index < -0.39 is 0 Å². The van der Waals surface area contributed by atoms with Gasteiger partial charge in [-0.15, -0.1) is 0 Å². The number of nitrogens with zero attached hydrogens (tertiary/aromatic N) is 1. The third-order valence-electron chi connectivity index (χ3n) is 4.19. The Hall–Kier alpha value is -0.120. The summed E-state index contributed by atoms with van der Waals surface area (Å²) < 4.78 is 5.29. The van der Waals surface area contributed by atoms with Gasteiger partial charge in [-0.1, -0.05) is 19.8 Å². The van der Waals surface area contributed by atoms with Gasteiger partial charge in [0.15, 0.2) is 0 Å². The van der Waals surface area contributed by atoms with Gasteiger partial charge in [0.05, 0.1) is 6.61 Å². The van der Waals surface area contributed by atoms with Crippen molar-refractivity contribution in [2.24, 2.45) is 5.41 Å². The smallest absolute Gasteiger partial charge is 0.0615 e. The lowest BCUT2D eigenvalue weighted by Crippen LogP contribution is -2.46. The lowest BCUT2D eigenvalue weighted by molar-refractivity contribution is 0.0673. The van der Waals surface area contributed by atoms with Gasteiger partial charge < -0.3 is 10.1 Å². The molecule has 17 heavy (non-hydrogen) atoms. The summed E-state index contributed by atoms with van der Waals surface area (Å²) in [4.78, 5) is 2.58. The zero-order chi connectivity index (χ0) is 12.7. The quantitative estimate of drug-likeness (QED) is 0.705. The van der Waals surface area contributed by atoms with Crippen molar-refractivity contribution in [2.45, 2.75) is 45.6 Å². The minimum Gasteiger partial charge on any atom is -0.383 e. The van der Waals surface area contributed by atoms with Crippen molar-refractivity contribution < 1.29 is 4.74 Å². The molecule has 0 amide bonds. The van der Waals surface area contributed by atoms with Crippen LogP contribution in [0.4, 0.5) is 0 Å². The molecule has 0 heterocycles. The molecule has 3 heteroatoms. The fraction of sp³-hybridized carbons (Fsp3) is 1.00. The Morgan fingerprint density at radius 3 is 2.47 bits per heavy atom. The van der Waals surface area contributed by atoms with Crippen LogP contribution in [0.15, 0.2) is 0 Å². The van der Waals surface area contributed by atoms with E-state index >= 15 is 0 Å². The summed E-state index contributed by atoms with van der Waals surface area (Å²) >= 11 is 0. The van der Waals surface area contributed by atoms with E-state index in [4.69, 9.17) is 4.74 Å². The molecule has 0 spiro atoms.